The first kappa shape index (κ1) is 14.5. The molecule has 1 N–H and O–H groups in total. The van der Waals surface area contributed by atoms with Gasteiger partial charge in [0.1, 0.15) is 0 Å². The second-order valence-electron chi connectivity index (χ2n) is 5.68. The van der Waals surface area contributed by atoms with Crippen LogP contribution in [0.15, 0.2) is 30.3 Å². The summed E-state index contributed by atoms with van der Waals surface area (Å²) in [4.78, 5) is 2.64. The third-order valence-electron chi connectivity index (χ3n) is 4.20. The van der Waals surface area contributed by atoms with Crippen molar-refractivity contribution in [3.05, 3.63) is 35.9 Å². The van der Waals surface area contributed by atoms with E-state index in [1.165, 1.54) is 64.0 Å². The van der Waals surface area contributed by atoms with Gasteiger partial charge in [-0.3, -0.25) is 0 Å². The Hall–Kier alpha value is -0.860. The Morgan fingerprint density at radius 3 is 2.58 bits per heavy atom. The minimum atomic E-state index is 0.915. The first-order valence-corrected chi connectivity index (χ1v) is 7.85. The Balaban J connectivity index is 1.67. The minimum Gasteiger partial charge on any atom is -0.317 e. The third-order valence-corrected chi connectivity index (χ3v) is 4.20. The van der Waals surface area contributed by atoms with Crippen LogP contribution in [-0.4, -0.2) is 37.6 Å². The van der Waals surface area contributed by atoms with E-state index in [0.29, 0.717) is 0 Å². The van der Waals surface area contributed by atoms with Crippen LogP contribution < -0.4 is 5.32 Å². The van der Waals surface area contributed by atoms with E-state index in [0.717, 1.165) is 5.92 Å². The van der Waals surface area contributed by atoms with Crippen molar-refractivity contribution < 1.29 is 0 Å². The molecule has 0 aliphatic carbocycles. The van der Waals surface area contributed by atoms with Gasteiger partial charge in [-0.15, -0.1) is 0 Å². The van der Waals surface area contributed by atoms with Gasteiger partial charge in [0.25, 0.3) is 0 Å². The average Bonchev–Trinajstić information content (AvgIpc) is 2.48. The van der Waals surface area contributed by atoms with E-state index in [1.807, 2.05) is 0 Å². The van der Waals surface area contributed by atoms with Gasteiger partial charge < -0.3 is 10.2 Å². The zero-order valence-corrected chi connectivity index (χ0v) is 12.3. The van der Waals surface area contributed by atoms with Crippen molar-refractivity contribution in [2.75, 3.05) is 32.7 Å². The molecule has 1 saturated heterocycles. The monoisotopic (exact) mass is 260 g/mol. The molecule has 1 heterocycles. The Bertz CT molecular complexity index is 330. The molecule has 0 bridgehead atoms. The molecule has 0 atom stereocenters. The smallest absolute Gasteiger partial charge is 0.00105 e. The Labute approximate surface area is 118 Å². The molecule has 0 radical (unpaired) electrons. The average molecular weight is 260 g/mol. The molecule has 1 fully saturated rings. The molecule has 2 nitrogen and oxygen atoms in total. The predicted octanol–water partition coefficient (Wildman–Crippen LogP) is 2.94. The highest BCUT2D eigenvalue weighted by Gasteiger charge is 2.15. The Kier molecular flexibility index (Phi) is 6.38. The topological polar surface area (TPSA) is 15.3 Å². The highest BCUT2D eigenvalue weighted by Crippen LogP contribution is 2.14. The van der Waals surface area contributed by atoms with Crippen molar-refractivity contribution in [1.29, 1.82) is 0 Å². The molecule has 1 aromatic rings. The Morgan fingerprint density at radius 1 is 1.16 bits per heavy atom. The second-order valence-corrected chi connectivity index (χ2v) is 5.68. The number of nitrogens with one attached hydrogen (secondary N) is 1. The van der Waals surface area contributed by atoms with E-state index < -0.39 is 0 Å². The number of aryl methyl sites for hydroxylation is 1. The van der Waals surface area contributed by atoms with Gasteiger partial charge in [-0.2, -0.15) is 0 Å². The van der Waals surface area contributed by atoms with Crippen molar-refractivity contribution in [3.63, 3.8) is 0 Å². The number of rotatable bonds is 7. The van der Waals surface area contributed by atoms with E-state index in [-0.39, 0.29) is 0 Å². The maximum Gasteiger partial charge on any atom is 0.00105 e. The maximum atomic E-state index is 3.45. The fourth-order valence-corrected chi connectivity index (χ4v) is 2.96. The number of piperidine rings is 1. The molecular weight excluding hydrogens is 232 g/mol. The lowest BCUT2D eigenvalue weighted by molar-refractivity contribution is 0.212. The van der Waals surface area contributed by atoms with E-state index in [1.54, 1.807) is 0 Å². The summed E-state index contributed by atoms with van der Waals surface area (Å²) in [7, 11) is 0. The summed E-state index contributed by atoms with van der Waals surface area (Å²) in [6, 6.07) is 10.9. The SMILES string of the molecule is CCN(CCCc1ccccc1)CC1CCNCC1. The summed E-state index contributed by atoms with van der Waals surface area (Å²) in [5.41, 5.74) is 1.47. The zero-order valence-electron chi connectivity index (χ0n) is 12.3. The first-order valence-electron chi connectivity index (χ1n) is 7.85. The summed E-state index contributed by atoms with van der Waals surface area (Å²) in [5.74, 6) is 0.915. The fourth-order valence-electron chi connectivity index (χ4n) is 2.96. The van der Waals surface area contributed by atoms with Crippen LogP contribution in [0.2, 0.25) is 0 Å². The van der Waals surface area contributed by atoms with Gasteiger partial charge in [0.15, 0.2) is 0 Å². The quantitative estimate of drug-likeness (QED) is 0.811. The van der Waals surface area contributed by atoms with Crippen molar-refractivity contribution >= 4 is 0 Å². The number of nitrogens with zero attached hydrogens (tertiary/aromatic N) is 1. The summed E-state index contributed by atoms with van der Waals surface area (Å²) < 4.78 is 0. The van der Waals surface area contributed by atoms with Gasteiger partial charge >= 0.3 is 0 Å². The lowest BCUT2D eigenvalue weighted by Gasteiger charge is -2.29. The van der Waals surface area contributed by atoms with Crippen LogP contribution in [-0.2, 0) is 6.42 Å². The first-order chi connectivity index (χ1) is 9.38. The Morgan fingerprint density at radius 2 is 1.89 bits per heavy atom. The van der Waals surface area contributed by atoms with Crippen molar-refractivity contribution in [1.82, 2.24) is 10.2 Å². The number of hydrogen-bond donors (Lipinski definition) is 1. The molecule has 0 saturated carbocycles. The van der Waals surface area contributed by atoms with E-state index in [2.05, 4.69) is 47.5 Å². The molecule has 1 aliphatic heterocycles. The van der Waals surface area contributed by atoms with Crippen LogP contribution in [0.4, 0.5) is 0 Å². The number of benzene rings is 1. The van der Waals surface area contributed by atoms with Crippen molar-refractivity contribution in [2.45, 2.75) is 32.6 Å². The molecule has 106 valence electrons. The predicted molar refractivity (Wildman–Crippen MR) is 82.5 cm³/mol. The highest BCUT2D eigenvalue weighted by molar-refractivity contribution is 5.14. The summed E-state index contributed by atoms with van der Waals surface area (Å²) in [5, 5.41) is 3.45. The second kappa shape index (κ2) is 8.34. The van der Waals surface area contributed by atoms with Crippen molar-refractivity contribution in [3.8, 4) is 0 Å². The molecule has 0 spiro atoms. The molecular formula is C17H28N2. The standard InChI is InChI=1S/C17H28N2/c1-2-19(15-17-10-12-18-13-11-17)14-6-9-16-7-4-3-5-8-16/h3-5,7-8,17-18H,2,6,9-15H2,1H3. The fraction of sp³-hybridized carbons (Fsp3) is 0.647. The van der Waals surface area contributed by atoms with Crippen LogP contribution >= 0.6 is 0 Å². The summed E-state index contributed by atoms with van der Waals surface area (Å²) in [6.07, 6.45) is 5.21. The van der Waals surface area contributed by atoms with Gasteiger partial charge in [-0.1, -0.05) is 37.3 Å². The van der Waals surface area contributed by atoms with Crippen LogP contribution in [0.5, 0.6) is 0 Å². The van der Waals surface area contributed by atoms with Crippen LogP contribution in [0, 0.1) is 5.92 Å². The lowest BCUT2D eigenvalue weighted by atomic mass is 9.97. The molecule has 1 aromatic carbocycles. The normalized spacial score (nSPS) is 16.9. The van der Waals surface area contributed by atoms with Gasteiger partial charge in [0.2, 0.25) is 0 Å². The van der Waals surface area contributed by atoms with Gasteiger partial charge in [0, 0.05) is 6.54 Å². The lowest BCUT2D eigenvalue weighted by Crippen LogP contribution is -2.36. The molecule has 0 aromatic heterocycles. The molecule has 2 rings (SSSR count). The molecule has 0 amide bonds. The number of hydrogen-bond acceptors (Lipinski definition) is 2. The zero-order chi connectivity index (χ0) is 13.3. The van der Waals surface area contributed by atoms with Crippen LogP contribution in [0.1, 0.15) is 31.7 Å². The van der Waals surface area contributed by atoms with Crippen molar-refractivity contribution in [2.24, 2.45) is 5.92 Å². The van der Waals surface area contributed by atoms with Crippen LogP contribution in [0.3, 0.4) is 0 Å². The highest BCUT2D eigenvalue weighted by atomic mass is 15.1. The molecule has 0 unspecified atom stereocenters. The van der Waals surface area contributed by atoms with Crippen LogP contribution in [0.25, 0.3) is 0 Å². The van der Waals surface area contributed by atoms with Gasteiger partial charge in [-0.05, 0) is 63.3 Å². The summed E-state index contributed by atoms with van der Waals surface area (Å²) in [6.45, 7) is 8.46. The molecule has 19 heavy (non-hydrogen) atoms. The van der Waals surface area contributed by atoms with Gasteiger partial charge in [-0.25, -0.2) is 0 Å². The van der Waals surface area contributed by atoms with E-state index in [9.17, 15) is 0 Å². The van der Waals surface area contributed by atoms with Gasteiger partial charge in [0.05, 0.1) is 0 Å². The summed E-state index contributed by atoms with van der Waals surface area (Å²) >= 11 is 0. The molecule has 1 aliphatic rings. The molecule has 2 heteroatoms. The minimum absolute atomic E-state index is 0.915. The van der Waals surface area contributed by atoms with E-state index >= 15 is 0 Å². The third kappa shape index (κ3) is 5.33. The maximum absolute atomic E-state index is 3.45. The largest absolute Gasteiger partial charge is 0.317 e. The van der Waals surface area contributed by atoms with E-state index in [4.69, 9.17) is 0 Å².